The predicted octanol–water partition coefficient (Wildman–Crippen LogP) is 3.37. The molecular weight excluding hydrogens is 326 g/mol. The Balaban J connectivity index is 1.89. The molecule has 2 amide bonds. The van der Waals surface area contributed by atoms with Gasteiger partial charge in [-0.05, 0) is 25.5 Å². The van der Waals surface area contributed by atoms with Crippen molar-refractivity contribution in [3.8, 4) is 0 Å². The molecular formula is C16H13N5O2S. The first-order valence-corrected chi connectivity index (χ1v) is 8.12. The lowest BCUT2D eigenvalue weighted by Gasteiger charge is -2.07. The van der Waals surface area contributed by atoms with Crippen molar-refractivity contribution in [3.63, 3.8) is 0 Å². The number of rotatable bonds is 2. The summed E-state index contributed by atoms with van der Waals surface area (Å²) in [6, 6.07) is 4.10. The Labute approximate surface area is 141 Å². The molecule has 0 spiro atoms. The van der Waals surface area contributed by atoms with Gasteiger partial charge in [-0.1, -0.05) is 12.1 Å². The summed E-state index contributed by atoms with van der Waals surface area (Å²) in [5.41, 5.74) is 8.72. The highest BCUT2D eigenvalue weighted by Crippen LogP contribution is 2.49. The fourth-order valence-electron chi connectivity index (χ4n) is 3.15. The number of thiazole rings is 1. The number of ketones is 1. The van der Waals surface area contributed by atoms with Crippen LogP contribution in [-0.4, -0.2) is 16.8 Å². The van der Waals surface area contributed by atoms with Crippen LogP contribution in [-0.2, 0) is 0 Å². The lowest BCUT2D eigenvalue weighted by atomic mass is 10.1. The number of benzene rings is 1. The lowest BCUT2D eigenvalue weighted by Crippen LogP contribution is -2.20. The minimum absolute atomic E-state index is 0.176. The maximum Gasteiger partial charge on any atom is 0.316 e. The highest BCUT2D eigenvalue weighted by atomic mass is 32.1. The van der Waals surface area contributed by atoms with E-state index >= 15 is 0 Å². The average molecular weight is 339 g/mol. The van der Waals surface area contributed by atoms with Gasteiger partial charge in [-0.2, -0.15) is 10.2 Å². The Morgan fingerprint density at radius 3 is 2.79 bits per heavy atom. The monoisotopic (exact) mass is 339 g/mol. The Morgan fingerprint density at radius 1 is 1.33 bits per heavy atom. The molecule has 1 aliphatic heterocycles. The van der Waals surface area contributed by atoms with Gasteiger partial charge in [-0.15, -0.1) is 11.3 Å². The smallest absolute Gasteiger partial charge is 0.316 e. The van der Waals surface area contributed by atoms with Gasteiger partial charge in [0.25, 0.3) is 0 Å². The van der Waals surface area contributed by atoms with Crippen molar-refractivity contribution in [1.82, 2.24) is 4.98 Å². The fraction of sp³-hybridized carbons (Fsp3) is 0.188. The number of Topliss-reactive ketones (excluding diaryl/α,β-unsaturated/α-hetero) is 1. The Hall–Kier alpha value is -2.87. The lowest BCUT2D eigenvalue weighted by molar-refractivity contribution is 0.103. The number of hydrogen-bond donors (Lipinski definition) is 2. The number of hydrogen-bond acceptors (Lipinski definition) is 6. The summed E-state index contributed by atoms with van der Waals surface area (Å²) in [5, 5.41) is 11.9. The Bertz CT molecular complexity index is 973. The molecule has 1 aromatic heterocycles. The molecule has 0 saturated heterocycles. The van der Waals surface area contributed by atoms with Crippen molar-refractivity contribution >= 4 is 34.5 Å². The molecule has 0 radical (unpaired) electrons. The first-order chi connectivity index (χ1) is 11.5. The first kappa shape index (κ1) is 14.7. The van der Waals surface area contributed by atoms with Crippen LogP contribution in [0.3, 0.4) is 0 Å². The van der Waals surface area contributed by atoms with Crippen LogP contribution in [0.4, 0.5) is 10.5 Å². The van der Waals surface area contributed by atoms with Crippen LogP contribution < -0.4 is 11.1 Å². The van der Waals surface area contributed by atoms with Crippen LogP contribution in [0.2, 0.25) is 0 Å². The van der Waals surface area contributed by atoms with E-state index in [1.165, 1.54) is 11.3 Å². The van der Waals surface area contributed by atoms with Crippen molar-refractivity contribution in [3.05, 3.63) is 50.5 Å². The van der Waals surface area contributed by atoms with Gasteiger partial charge in [0.15, 0.2) is 5.78 Å². The Morgan fingerprint density at radius 2 is 2.12 bits per heavy atom. The third-order valence-corrected chi connectivity index (χ3v) is 5.12. The van der Waals surface area contributed by atoms with E-state index < -0.39 is 12.1 Å². The van der Waals surface area contributed by atoms with Crippen LogP contribution in [0.5, 0.6) is 0 Å². The summed E-state index contributed by atoms with van der Waals surface area (Å²) in [5.74, 6) is -0.176. The van der Waals surface area contributed by atoms with Gasteiger partial charge in [0.05, 0.1) is 32.4 Å². The van der Waals surface area contributed by atoms with Gasteiger partial charge >= 0.3 is 6.03 Å². The number of carbonyl (C=O) groups excluding carboxylic acids is 2. The fourth-order valence-corrected chi connectivity index (χ4v) is 4.07. The molecule has 3 N–H and O–H groups in total. The van der Waals surface area contributed by atoms with Gasteiger partial charge < -0.3 is 11.1 Å². The van der Waals surface area contributed by atoms with Crippen molar-refractivity contribution < 1.29 is 9.59 Å². The van der Waals surface area contributed by atoms with E-state index in [1.807, 2.05) is 19.9 Å². The van der Waals surface area contributed by atoms with E-state index in [2.05, 4.69) is 20.5 Å². The number of amides is 2. The molecule has 1 atom stereocenters. The van der Waals surface area contributed by atoms with Crippen molar-refractivity contribution in [2.75, 3.05) is 5.32 Å². The summed E-state index contributed by atoms with van der Waals surface area (Å²) in [6.45, 7) is 3.80. The summed E-state index contributed by atoms with van der Waals surface area (Å²) in [7, 11) is 0. The highest BCUT2D eigenvalue weighted by molar-refractivity contribution is 7.12. The summed E-state index contributed by atoms with van der Waals surface area (Å²) in [6.07, 6.45) is 0. The molecule has 8 heteroatoms. The van der Waals surface area contributed by atoms with Crippen LogP contribution in [0.25, 0.3) is 5.70 Å². The molecule has 4 rings (SSSR count). The normalized spacial score (nSPS) is 18.1. The number of urea groups is 1. The largest absolute Gasteiger partial charge is 0.351 e. The van der Waals surface area contributed by atoms with Crippen LogP contribution >= 0.6 is 11.3 Å². The number of nitrogens with zero attached hydrogens (tertiary/aromatic N) is 3. The van der Waals surface area contributed by atoms with Crippen molar-refractivity contribution in [2.45, 2.75) is 19.9 Å². The molecule has 0 bridgehead atoms. The first-order valence-electron chi connectivity index (χ1n) is 7.31. The number of carbonyl (C=O) groups is 2. The van der Waals surface area contributed by atoms with Gasteiger partial charge in [0.2, 0.25) is 0 Å². The van der Waals surface area contributed by atoms with Crippen molar-refractivity contribution in [1.29, 1.82) is 0 Å². The maximum absolute atomic E-state index is 13.0. The molecule has 2 heterocycles. The third-order valence-electron chi connectivity index (χ3n) is 4.04. The molecule has 120 valence electrons. The van der Waals surface area contributed by atoms with Gasteiger partial charge in [0.1, 0.15) is 11.7 Å². The molecule has 1 unspecified atom stereocenters. The number of aryl methyl sites for hydroxylation is 2. The highest BCUT2D eigenvalue weighted by Gasteiger charge is 2.42. The van der Waals surface area contributed by atoms with E-state index in [0.717, 1.165) is 21.1 Å². The maximum atomic E-state index is 13.0. The van der Waals surface area contributed by atoms with E-state index in [-0.39, 0.29) is 5.78 Å². The average Bonchev–Trinajstić information content (AvgIpc) is 3.15. The predicted molar refractivity (Wildman–Crippen MR) is 90.1 cm³/mol. The van der Waals surface area contributed by atoms with Gasteiger partial charge in [0, 0.05) is 0 Å². The number of fused-ring (bicyclic) bond motifs is 3. The van der Waals surface area contributed by atoms with Crippen LogP contribution in [0.1, 0.15) is 37.5 Å². The molecule has 0 saturated carbocycles. The molecule has 24 heavy (non-hydrogen) atoms. The summed E-state index contributed by atoms with van der Waals surface area (Å²) >= 11 is 1.49. The second kappa shape index (κ2) is 5.07. The number of anilines is 1. The standard InChI is InChI=1S/C16H13N5O2S/c1-6-15(24-7(2)18-6)13-11-12(20-21-13)8-4-3-5-9(19-16(17)23)10(8)14(11)22/h3-5,12H,1-2H3,(H3,17,19,23). The number of nitrogens with two attached hydrogens (primary N) is 1. The Kier molecular flexibility index (Phi) is 3.10. The molecule has 2 aromatic rings. The number of primary amides is 1. The third kappa shape index (κ3) is 2.00. The second-order valence-electron chi connectivity index (χ2n) is 5.62. The minimum Gasteiger partial charge on any atom is -0.351 e. The molecule has 1 aromatic carbocycles. The molecule has 2 aliphatic rings. The topological polar surface area (TPSA) is 110 Å². The quantitative estimate of drug-likeness (QED) is 0.875. The molecule has 7 nitrogen and oxygen atoms in total. The van der Waals surface area contributed by atoms with Crippen LogP contribution in [0.15, 0.2) is 34.0 Å². The second-order valence-corrected chi connectivity index (χ2v) is 6.82. The zero-order valence-electron chi connectivity index (χ0n) is 13.0. The SMILES string of the molecule is Cc1nc(C)c(C2=C3C(=O)c4c(NC(N)=O)cccc4C3N=N2)s1. The summed E-state index contributed by atoms with van der Waals surface area (Å²) < 4.78 is 0. The number of aromatic nitrogens is 1. The zero-order chi connectivity index (χ0) is 17.0. The number of azo groups is 1. The summed E-state index contributed by atoms with van der Waals surface area (Å²) in [4.78, 5) is 29.5. The van der Waals surface area contributed by atoms with E-state index in [9.17, 15) is 9.59 Å². The van der Waals surface area contributed by atoms with Crippen molar-refractivity contribution in [2.24, 2.45) is 16.0 Å². The van der Waals surface area contributed by atoms with Crippen LogP contribution in [0, 0.1) is 13.8 Å². The van der Waals surface area contributed by atoms with E-state index in [0.29, 0.717) is 22.5 Å². The van der Waals surface area contributed by atoms with Gasteiger partial charge in [-0.25, -0.2) is 9.78 Å². The molecule has 1 aliphatic carbocycles. The van der Waals surface area contributed by atoms with E-state index in [1.54, 1.807) is 12.1 Å². The van der Waals surface area contributed by atoms with Gasteiger partial charge in [-0.3, -0.25) is 4.79 Å². The zero-order valence-corrected chi connectivity index (χ0v) is 13.8. The van der Waals surface area contributed by atoms with E-state index in [4.69, 9.17) is 5.73 Å². The number of nitrogens with one attached hydrogen (secondary N) is 1. The minimum atomic E-state index is -0.710. The molecule has 0 fully saturated rings.